The minimum absolute atomic E-state index is 0.0469. The predicted molar refractivity (Wildman–Crippen MR) is 77.9 cm³/mol. The first-order valence-electron chi connectivity index (χ1n) is 5.86. The molecule has 0 saturated carbocycles. The lowest BCUT2D eigenvalue weighted by Crippen LogP contribution is -2.08. The average molecular weight is 274 g/mol. The van der Waals surface area contributed by atoms with Gasteiger partial charge in [0.05, 0.1) is 4.88 Å². The number of nitrogens with one attached hydrogen (secondary N) is 1. The summed E-state index contributed by atoms with van der Waals surface area (Å²) in [7, 11) is 0. The van der Waals surface area contributed by atoms with E-state index in [0.717, 1.165) is 16.5 Å². The zero-order valence-electron chi connectivity index (χ0n) is 10.5. The van der Waals surface area contributed by atoms with Gasteiger partial charge in [0.25, 0.3) is 0 Å². The highest BCUT2D eigenvalue weighted by atomic mass is 32.1. The van der Waals surface area contributed by atoms with Crippen LogP contribution in [-0.2, 0) is 4.79 Å². The molecule has 0 unspecified atom stereocenters. The summed E-state index contributed by atoms with van der Waals surface area (Å²) in [6, 6.07) is 7.22. The highest BCUT2D eigenvalue weighted by Crippen LogP contribution is 2.29. The Balaban J connectivity index is 2.23. The smallest absolute Gasteiger partial charge is 0.335 e. The van der Waals surface area contributed by atoms with E-state index in [0.29, 0.717) is 10.6 Å². The van der Waals surface area contributed by atoms with Crippen LogP contribution < -0.4 is 10.5 Å². The third-order valence-corrected chi connectivity index (χ3v) is 3.60. The number of carbonyl (C=O) groups is 1. The van der Waals surface area contributed by atoms with Crippen molar-refractivity contribution in [1.82, 2.24) is 0 Å². The summed E-state index contributed by atoms with van der Waals surface area (Å²) < 4.78 is 6.13. The van der Waals surface area contributed by atoms with Crippen molar-refractivity contribution in [2.75, 3.05) is 0 Å². The molecule has 98 valence electrons. The first-order chi connectivity index (χ1) is 9.10. The molecule has 1 heterocycles. The third-order valence-electron chi connectivity index (χ3n) is 2.47. The zero-order chi connectivity index (χ0) is 13.8. The van der Waals surface area contributed by atoms with Crippen LogP contribution in [0.5, 0.6) is 5.75 Å². The van der Waals surface area contributed by atoms with Crippen molar-refractivity contribution in [3.05, 3.63) is 41.3 Å². The second-order valence-electron chi connectivity index (χ2n) is 3.96. The normalized spacial score (nSPS) is 11.0. The van der Waals surface area contributed by atoms with Crippen molar-refractivity contribution < 1.29 is 9.53 Å². The number of amidine groups is 1. The number of benzene rings is 1. The molecule has 0 spiro atoms. The number of nitrogens with two attached hydrogens (primary N) is 1. The molecule has 2 aromatic rings. The van der Waals surface area contributed by atoms with Crippen LogP contribution in [0.2, 0.25) is 0 Å². The van der Waals surface area contributed by atoms with Gasteiger partial charge in [0.1, 0.15) is 11.6 Å². The van der Waals surface area contributed by atoms with E-state index in [9.17, 15) is 4.79 Å². The molecule has 0 saturated heterocycles. The van der Waals surface area contributed by atoms with E-state index in [1.165, 1.54) is 17.4 Å². The van der Waals surface area contributed by atoms with Gasteiger partial charge in [0.2, 0.25) is 0 Å². The molecule has 0 aliphatic rings. The number of ether oxygens (including phenoxy) is 1. The van der Waals surface area contributed by atoms with Gasteiger partial charge in [-0.3, -0.25) is 5.41 Å². The molecule has 1 aromatic heterocycles. The Bertz CT molecular complexity index is 659. The monoisotopic (exact) mass is 274 g/mol. The third kappa shape index (κ3) is 3.20. The van der Waals surface area contributed by atoms with E-state index in [1.807, 2.05) is 19.1 Å². The number of allylic oxidation sites excluding steroid dienone is 1. The second-order valence-corrected chi connectivity index (χ2v) is 5.04. The largest absolute Gasteiger partial charge is 0.423 e. The summed E-state index contributed by atoms with van der Waals surface area (Å²) in [5.41, 5.74) is 5.45. The minimum atomic E-state index is -0.385. The standard InChI is InChI=1S/C14H14N2O2S/c1-2-3-4-13(17)18-10-6-5-9-7-12(14(15)16)19-11(9)8-10/h3-8H,2H2,1H3,(H3,15,16)/b4-3+. The molecular formula is C14H14N2O2S. The molecule has 4 nitrogen and oxygen atoms in total. The number of rotatable bonds is 4. The average Bonchev–Trinajstić information content (AvgIpc) is 2.79. The highest BCUT2D eigenvalue weighted by molar-refractivity contribution is 7.20. The van der Waals surface area contributed by atoms with E-state index in [2.05, 4.69) is 0 Å². The van der Waals surface area contributed by atoms with Crippen LogP contribution in [0.4, 0.5) is 0 Å². The second kappa shape index (κ2) is 5.67. The summed E-state index contributed by atoms with van der Waals surface area (Å²) in [4.78, 5) is 12.2. The van der Waals surface area contributed by atoms with Gasteiger partial charge in [-0.05, 0) is 36.1 Å². The number of hydrogen-bond donors (Lipinski definition) is 2. The van der Waals surface area contributed by atoms with Crippen LogP contribution in [-0.4, -0.2) is 11.8 Å². The molecule has 0 amide bonds. The van der Waals surface area contributed by atoms with Crippen molar-refractivity contribution >= 4 is 33.2 Å². The number of fused-ring (bicyclic) bond motifs is 1. The summed E-state index contributed by atoms with van der Waals surface area (Å²) in [5, 5.41) is 8.39. The van der Waals surface area contributed by atoms with Crippen LogP contribution in [0, 0.1) is 5.41 Å². The van der Waals surface area contributed by atoms with Crippen molar-refractivity contribution in [2.24, 2.45) is 5.73 Å². The first kappa shape index (κ1) is 13.3. The van der Waals surface area contributed by atoms with Gasteiger partial charge >= 0.3 is 5.97 Å². The molecular weight excluding hydrogens is 260 g/mol. The van der Waals surface area contributed by atoms with Gasteiger partial charge < -0.3 is 10.5 Å². The molecule has 0 atom stereocenters. The lowest BCUT2D eigenvalue weighted by atomic mass is 10.2. The van der Waals surface area contributed by atoms with Crippen LogP contribution in [0.25, 0.3) is 10.1 Å². The van der Waals surface area contributed by atoms with Crippen LogP contribution in [0.1, 0.15) is 18.2 Å². The quantitative estimate of drug-likeness (QED) is 0.296. The van der Waals surface area contributed by atoms with E-state index in [4.69, 9.17) is 15.9 Å². The predicted octanol–water partition coefficient (Wildman–Crippen LogP) is 3.06. The molecule has 0 aliphatic heterocycles. The number of nitrogen functional groups attached to an aromatic ring is 1. The van der Waals surface area contributed by atoms with Crippen LogP contribution in [0.15, 0.2) is 36.4 Å². The minimum Gasteiger partial charge on any atom is -0.423 e. The first-order valence-corrected chi connectivity index (χ1v) is 6.68. The van der Waals surface area contributed by atoms with Crippen molar-refractivity contribution in [3.63, 3.8) is 0 Å². The summed E-state index contributed by atoms with van der Waals surface area (Å²) in [6.07, 6.45) is 3.96. The van der Waals surface area contributed by atoms with Gasteiger partial charge in [0, 0.05) is 10.8 Å². The van der Waals surface area contributed by atoms with Crippen molar-refractivity contribution in [3.8, 4) is 5.75 Å². The lowest BCUT2D eigenvalue weighted by Gasteiger charge is -2.00. The lowest BCUT2D eigenvalue weighted by molar-refractivity contribution is -0.129. The van der Waals surface area contributed by atoms with Gasteiger partial charge in [-0.15, -0.1) is 11.3 Å². The van der Waals surface area contributed by atoms with Crippen molar-refractivity contribution in [1.29, 1.82) is 5.41 Å². The maximum atomic E-state index is 11.5. The fraction of sp³-hybridized carbons (Fsp3) is 0.143. The van der Waals surface area contributed by atoms with Gasteiger partial charge in [-0.1, -0.05) is 13.0 Å². The maximum absolute atomic E-state index is 11.5. The summed E-state index contributed by atoms with van der Waals surface area (Å²) in [6.45, 7) is 1.95. The number of carbonyl (C=O) groups excluding carboxylic acids is 1. The number of hydrogen-bond acceptors (Lipinski definition) is 4. The van der Waals surface area contributed by atoms with Crippen LogP contribution in [0.3, 0.4) is 0 Å². The molecule has 5 heteroatoms. The summed E-state index contributed by atoms with van der Waals surface area (Å²) in [5.74, 6) is 0.158. The Morgan fingerprint density at radius 1 is 1.47 bits per heavy atom. The Morgan fingerprint density at radius 2 is 2.26 bits per heavy atom. The SMILES string of the molecule is CC/C=C/C(=O)Oc1ccc2cc(C(=N)N)sc2c1. The Morgan fingerprint density at radius 3 is 2.95 bits per heavy atom. The highest BCUT2D eigenvalue weighted by Gasteiger charge is 2.07. The molecule has 2 rings (SSSR count). The molecule has 3 N–H and O–H groups in total. The Labute approximate surface area is 115 Å². The maximum Gasteiger partial charge on any atom is 0.335 e. The molecule has 19 heavy (non-hydrogen) atoms. The van der Waals surface area contributed by atoms with Crippen LogP contribution >= 0.6 is 11.3 Å². The van der Waals surface area contributed by atoms with E-state index >= 15 is 0 Å². The fourth-order valence-corrected chi connectivity index (χ4v) is 2.52. The van der Waals surface area contributed by atoms with Gasteiger partial charge in [-0.2, -0.15) is 0 Å². The Hall–Kier alpha value is -2.14. The van der Waals surface area contributed by atoms with Crippen molar-refractivity contribution in [2.45, 2.75) is 13.3 Å². The van der Waals surface area contributed by atoms with E-state index in [1.54, 1.807) is 18.2 Å². The fourth-order valence-electron chi connectivity index (χ4n) is 1.57. The van der Waals surface area contributed by atoms with Gasteiger partial charge in [0.15, 0.2) is 0 Å². The number of thiophene rings is 1. The van der Waals surface area contributed by atoms with Gasteiger partial charge in [-0.25, -0.2) is 4.79 Å². The number of esters is 1. The molecule has 0 radical (unpaired) electrons. The Kier molecular flexibility index (Phi) is 3.97. The van der Waals surface area contributed by atoms with E-state index in [-0.39, 0.29) is 11.8 Å². The topological polar surface area (TPSA) is 76.2 Å². The molecule has 0 fully saturated rings. The molecule has 0 bridgehead atoms. The summed E-state index contributed by atoms with van der Waals surface area (Å²) >= 11 is 1.41. The molecule has 1 aromatic carbocycles. The molecule has 0 aliphatic carbocycles. The zero-order valence-corrected chi connectivity index (χ0v) is 11.3. The van der Waals surface area contributed by atoms with E-state index < -0.39 is 0 Å².